The predicted molar refractivity (Wildman–Crippen MR) is 150 cm³/mol. The second kappa shape index (κ2) is 9.24. The fourth-order valence-corrected chi connectivity index (χ4v) is 6.64. The molecule has 2 saturated carbocycles. The molecule has 8 bridgehead atoms. The first-order valence-corrected chi connectivity index (χ1v) is 13.8. The first-order valence-electron chi connectivity index (χ1n) is 13.8. The topological polar surface area (TPSA) is 49.4 Å². The summed E-state index contributed by atoms with van der Waals surface area (Å²) in [5.74, 6) is 1.20. The third-order valence-electron chi connectivity index (χ3n) is 8.32. The average Bonchev–Trinajstić information content (AvgIpc) is 3.70. The summed E-state index contributed by atoms with van der Waals surface area (Å²) in [7, 11) is 0. The molecule has 0 radical (unpaired) electrons. The first-order chi connectivity index (χ1) is 17.8. The molecule has 7 aliphatic rings. The predicted octanol–water partition coefficient (Wildman–Crippen LogP) is 7.48. The zero-order valence-corrected chi connectivity index (χ0v) is 20.8. The van der Waals surface area contributed by atoms with Crippen LogP contribution in [-0.4, -0.2) is 22.8 Å². The Labute approximate surface area is 213 Å². The minimum absolute atomic E-state index is 0.600. The van der Waals surface area contributed by atoms with Gasteiger partial charge in [0.15, 0.2) is 0 Å². The van der Waals surface area contributed by atoms with Gasteiger partial charge in [0.1, 0.15) is 0 Å². The Balaban J connectivity index is 1.40. The van der Waals surface area contributed by atoms with Crippen molar-refractivity contribution in [1.29, 1.82) is 0 Å². The molecule has 5 aliphatic heterocycles. The number of nitrogens with zero attached hydrogens (tertiary/aromatic N) is 4. The maximum atomic E-state index is 5.34. The molecule has 0 saturated heterocycles. The molecule has 180 valence electrons. The normalized spacial score (nSPS) is 25.9. The summed E-state index contributed by atoms with van der Waals surface area (Å²) in [6, 6.07) is 0. The molecule has 0 atom stereocenters. The Hall–Kier alpha value is -3.40. The van der Waals surface area contributed by atoms with Crippen molar-refractivity contribution in [1.82, 2.24) is 0 Å². The van der Waals surface area contributed by atoms with E-state index < -0.39 is 0 Å². The summed E-state index contributed by atoms with van der Waals surface area (Å²) in [5, 5.41) is 0. The van der Waals surface area contributed by atoms with Crippen molar-refractivity contribution < 1.29 is 0 Å². The molecule has 0 aromatic carbocycles. The van der Waals surface area contributed by atoms with Gasteiger partial charge in [-0.05, 0) is 109 Å². The lowest BCUT2D eigenvalue weighted by molar-refractivity contribution is 0.385. The summed E-state index contributed by atoms with van der Waals surface area (Å²) < 4.78 is 0. The molecule has 0 N–H and O–H groups in total. The summed E-state index contributed by atoms with van der Waals surface area (Å²) in [6.07, 6.45) is 34.2. The second-order valence-electron chi connectivity index (χ2n) is 10.8. The standard InChI is InChI=1S/C32H32N4/c1-3-7-21(8-4-1)31-29-19-27-15-13-25(34-27)17-23-11-12-24(33-23)18-26-14-16-28(35-26)20-30(36-29)32(31)22-9-5-2-6-10-22/h11-22H,1-10H2. The molecule has 0 amide bonds. The summed E-state index contributed by atoms with van der Waals surface area (Å²) in [6.45, 7) is 0. The van der Waals surface area contributed by atoms with Crippen molar-refractivity contribution in [3.63, 3.8) is 0 Å². The highest BCUT2D eigenvalue weighted by Crippen LogP contribution is 2.45. The lowest BCUT2D eigenvalue weighted by Gasteiger charge is -2.29. The monoisotopic (exact) mass is 472 g/mol. The highest BCUT2D eigenvalue weighted by molar-refractivity contribution is 6.17. The van der Waals surface area contributed by atoms with E-state index in [9.17, 15) is 0 Å². The van der Waals surface area contributed by atoms with Crippen LogP contribution >= 0.6 is 0 Å². The lowest BCUT2D eigenvalue weighted by atomic mass is 9.74. The highest BCUT2D eigenvalue weighted by atomic mass is 14.9. The van der Waals surface area contributed by atoms with E-state index in [4.69, 9.17) is 20.0 Å². The molecule has 0 aromatic rings. The molecule has 0 aromatic heterocycles. The quantitative estimate of drug-likeness (QED) is 0.400. The van der Waals surface area contributed by atoms with E-state index in [1.54, 1.807) is 0 Å². The van der Waals surface area contributed by atoms with Crippen LogP contribution in [0.4, 0.5) is 0 Å². The minimum Gasteiger partial charge on any atom is -0.249 e. The van der Waals surface area contributed by atoms with Gasteiger partial charge in [-0.3, -0.25) is 0 Å². The van der Waals surface area contributed by atoms with Gasteiger partial charge in [-0.25, -0.2) is 20.0 Å². The zero-order valence-electron chi connectivity index (χ0n) is 20.8. The fourth-order valence-electron chi connectivity index (χ4n) is 6.64. The van der Waals surface area contributed by atoms with Gasteiger partial charge in [0.2, 0.25) is 0 Å². The van der Waals surface area contributed by atoms with Crippen LogP contribution in [0, 0.1) is 11.8 Å². The van der Waals surface area contributed by atoms with Gasteiger partial charge < -0.3 is 0 Å². The van der Waals surface area contributed by atoms with E-state index in [0.717, 1.165) is 45.6 Å². The molecule has 4 heteroatoms. The summed E-state index contributed by atoms with van der Waals surface area (Å²) in [4.78, 5) is 19.9. The average molecular weight is 473 g/mol. The minimum atomic E-state index is 0.600. The van der Waals surface area contributed by atoms with E-state index in [2.05, 4.69) is 48.6 Å². The number of hydrogen-bond acceptors (Lipinski definition) is 4. The summed E-state index contributed by atoms with van der Waals surface area (Å²) >= 11 is 0. The van der Waals surface area contributed by atoms with E-state index >= 15 is 0 Å². The second-order valence-corrected chi connectivity index (χ2v) is 10.8. The Morgan fingerprint density at radius 1 is 0.444 bits per heavy atom. The van der Waals surface area contributed by atoms with Crippen molar-refractivity contribution >= 4 is 22.8 Å². The molecule has 5 heterocycles. The van der Waals surface area contributed by atoms with E-state index in [1.807, 2.05) is 12.2 Å². The molecule has 7 rings (SSSR count). The maximum Gasteiger partial charge on any atom is 0.0696 e. The van der Waals surface area contributed by atoms with E-state index in [-0.39, 0.29) is 0 Å². The maximum absolute atomic E-state index is 5.34. The largest absolute Gasteiger partial charge is 0.249 e. The molecule has 2 fully saturated rings. The number of fused-ring (bicyclic) bond motifs is 4. The Bertz CT molecular complexity index is 1360. The molecule has 0 unspecified atom stereocenters. The van der Waals surface area contributed by atoms with Crippen molar-refractivity contribution in [2.75, 3.05) is 0 Å². The van der Waals surface area contributed by atoms with Crippen LogP contribution in [0.1, 0.15) is 64.2 Å². The Kier molecular flexibility index (Phi) is 5.61. The highest BCUT2D eigenvalue weighted by Gasteiger charge is 2.34. The third kappa shape index (κ3) is 4.23. The fraction of sp³-hybridized carbons (Fsp3) is 0.375. The van der Waals surface area contributed by atoms with E-state index in [0.29, 0.717) is 11.8 Å². The van der Waals surface area contributed by atoms with Gasteiger partial charge in [0, 0.05) is 0 Å². The van der Waals surface area contributed by atoms with Gasteiger partial charge >= 0.3 is 0 Å². The van der Waals surface area contributed by atoms with Crippen LogP contribution in [0.2, 0.25) is 0 Å². The molecular formula is C32H32N4. The number of hydrogen-bond donors (Lipinski definition) is 0. The molecule has 4 nitrogen and oxygen atoms in total. The van der Waals surface area contributed by atoms with Crippen LogP contribution < -0.4 is 0 Å². The SMILES string of the molecule is C1=CC2=NC1=CC1=NC(=CC3=NC(=CC4=NC(=C2)C=C4)C(C2CCCCC2)=C3C2CCCCC2)C=C1. The van der Waals surface area contributed by atoms with Crippen molar-refractivity contribution in [2.45, 2.75) is 64.2 Å². The molecular weight excluding hydrogens is 440 g/mol. The van der Waals surface area contributed by atoms with Crippen LogP contribution in [0.3, 0.4) is 0 Å². The molecule has 36 heavy (non-hydrogen) atoms. The van der Waals surface area contributed by atoms with Crippen LogP contribution in [0.5, 0.6) is 0 Å². The zero-order chi connectivity index (χ0) is 23.9. The van der Waals surface area contributed by atoms with Crippen molar-refractivity contribution in [2.24, 2.45) is 31.8 Å². The van der Waals surface area contributed by atoms with Crippen LogP contribution in [-0.2, 0) is 0 Å². The number of allylic oxidation sites excluding steroid dienone is 12. The van der Waals surface area contributed by atoms with Gasteiger partial charge in [-0.2, -0.15) is 0 Å². The van der Waals surface area contributed by atoms with Crippen molar-refractivity contribution in [3.05, 3.63) is 94.7 Å². The smallest absolute Gasteiger partial charge is 0.0696 e. The Morgan fingerprint density at radius 3 is 1.47 bits per heavy atom. The number of rotatable bonds is 2. The lowest BCUT2D eigenvalue weighted by Crippen LogP contribution is -2.19. The first kappa shape index (κ1) is 21.8. The third-order valence-corrected chi connectivity index (χ3v) is 8.32. The molecule has 2 aliphatic carbocycles. The van der Waals surface area contributed by atoms with Crippen LogP contribution in [0.15, 0.2) is 115 Å². The van der Waals surface area contributed by atoms with Crippen molar-refractivity contribution in [3.8, 4) is 0 Å². The van der Waals surface area contributed by atoms with E-state index in [1.165, 1.54) is 75.4 Å². The molecule has 0 spiro atoms. The Morgan fingerprint density at radius 2 is 0.917 bits per heavy atom. The van der Waals surface area contributed by atoms with Crippen LogP contribution in [0.25, 0.3) is 0 Å². The van der Waals surface area contributed by atoms with Gasteiger partial charge in [0.05, 0.1) is 45.6 Å². The van der Waals surface area contributed by atoms with Gasteiger partial charge in [0.25, 0.3) is 0 Å². The van der Waals surface area contributed by atoms with Gasteiger partial charge in [-0.1, -0.05) is 38.5 Å². The van der Waals surface area contributed by atoms with Gasteiger partial charge in [-0.15, -0.1) is 0 Å². The number of aliphatic imine (C=N–C) groups is 4. The summed E-state index contributed by atoms with van der Waals surface area (Å²) in [5.41, 5.74) is 11.0.